The molecule has 0 aliphatic carbocycles. The summed E-state index contributed by atoms with van der Waals surface area (Å²) in [5.41, 5.74) is 0.788. The molecule has 7 heteroatoms. The van der Waals surface area contributed by atoms with Crippen molar-refractivity contribution < 1.29 is 22.7 Å². The van der Waals surface area contributed by atoms with Gasteiger partial charge in [-0.25, -0.2) is 5.01 Å². The highest BCUT2D eigenvalue weighted by Gasteiger charge is 2.52. The van der Waals surface area contributed by atoms with Gasteiger partial charge in [0.2, 0.25) is 5.91 Å². The summed E-state index contributed by atoms with van der Waals surface area (Å²) in [6.07, 6.45) is -4.61. The maximum Gasteiger partial charge on any atom is 0.410 e. The highest BCUT2D eigenvalue weighted by Crippen LogP contribution is 2.46. The zero-order chi connectivity index (χ0) is 20.9. The van der Waals surface area contributed by atoms with Crippen LogP contribution < -0.4 is 10.2 Å². The van der Waals surface area contributed by atoms with E-state index in [1.54, 1.807) is 52.8 Å². The van der Waals surface area contributed by atoms with Crippen molar-refractivity contribution in [2.75, 3.05) is 6.54 Å². The molecule has 1 heterocycles. The van der Waals surface area contributed by atoms with Gasteiger partial charge in [0.1, 0.15) is 11.4 Å². The molecular formula is C21H25F3N2O2. The van der Waals surface area contributed by atoms with Gasteiger partial charge >= 0.3 is 6.18 Å². The Morgan fingerprint density at radius 3 is 2.29 bits per heavy atom. The van der Waals surface area contributed by atoms with E-state index in [4.69, 9.17) is 4.74 Å². The SMILES string of the molecule is CC(C)(C)Oc1c(C(N2CC(C)(C)C(=O)N2)C(F)(F)F)ccc2ccccc12. The van der Waals surface area contributed by atoms with E-state index >= 15 is 0 Å². The third kappa shape index (κ3) is 3.94. The van der Waals surface area contributed by atoms with Crippen molar-refractivity contribution in [1.29, 1.82) is 0 Å². The second-order valence-corrected chi connectivity index (χ2v) is 8.82. The van der Waals surface area contributed by atoms with Gasteiger partial charge in [0, 0.05) is 17.5 Å². The molecule has 3 rings (SSSR count). The number of carbonyl (C=O) groups is 1. The molecule has 1 aliphatic rings. The molecule has 1 fully saturated rings. The number of ether oxygens (including phenoxy) is 1. The molecule has 0 radical (unpaired) electrons. The molecule has 1 N–H and O–H groups in total. The molecule has 0 saturated carbocycles. The molecule has 2 aromatic carbocycles. The van der Waals surface area contributed by atoms with E-state index in [2.05, 4.69) is 5.43 Å². The van der Waals surface area contributed by atoms with Crippen molar-refractivity contribution in [3.05, 3.63) is 42.0 Å². The lowest BCUT2D eigenvalue weighted by molar-refractivity contribution is -0.192. The largest absolute Gasteiger partial charge is 0.487 e. The summed E-state index contributed by atoms with van der Waals surface area (Å²) in [5, 5.41) is 2.37. The zero-order valence-corrected chi connectivity index (χ0v) is 16.6. The van der Waals surface area contributed by atoms with E-state index in [9.17, 15) is 18.0 Å². The Labute approximate surface area is 162 Å². The number of benzene rings is 2. The van der Waals surface area contributed by atoms with Gasteiger partial charge < -0.3 is 4.74 Å². The minimum absolute atomic E-state index is 0.0147. The average Bonchev–Trinajstić information content (AvgIpc) is 2.80. The summed E-state index contributed by atoms with van der Waals surface area (Å²) in [7, 11) is 0. The van der Waals surface area contributed by atoms with Crippen LogP contribution in [0.1, 0.15) is 46.2 Å². The Bertz CT molecular complexity index is 901. The van der Waals surface area contributed by atoms with Gasteiger partial charge in [0.15, 0.2) is 6.04 Å². The summed E-state index contributed by atoms with van der Waals surface area (Å²) in [5.74, 6) is -0.243. The van der Waals surface area contributed by atoms with Crippen molar-refractivity contribution in [3.63, 3.8) is 0 Å². The smallest absolute Gasteiger partial charge is 0.410 e. The first-order valence-corrected chi connectivity index (χ1v) is 9.15. The number of halogens is 3. The van der Waals surface area contributed by atoms with Crippen LogP contribution in [0.4, 0.5) is 13.2 Å². The third-order valence-corrected chi connectivity index (χ3v) is 4.66. The van der Waals surface area contributed by atoms with Gasteiger partial charge in [-0.1, -0.05) is 36.4 Å². The van der Waals surface area contributed by atoms with Gasteiger partial charge in [-0.15, -0.1) is 0 Å². The topological polar surface area (TPSA) is 41.6 Å². The highest BCUT2D eigenvalue weighted by molar-refractivity contribution is 5.90. The Morgan fingerprint density at radius 1 is 1.11 bits per heavy atom. The van der Waals surface area contributed by atoms with Crippen LogP contribution in [0, 0.1) is 5.41 Å². The van der Waals surface area contributed by atoms with Crippen molar-refractivity contribution in [1.82, 2.24) is 10.4 Å². The third-order valence-electron chi connectivity index (χ3n) is 4.66. The molecule has 1 saturated heterocycles. The van der Waals surface area contributed by atoms with E-state index in [-0.39, 0.29) is 17.9 Å². The summed E-state index contributed by atoms with van der Waals surface area (Å²) < 4.78 is 48.6. The molecular weight excluding hydrogens is 369 g/mol. The quantitative estimate of drug-likeness (QED) is 0.797. The van der Waals surface area contributed by atoms with Crippen LogP contribution in [0.25, 0.3) is 10.8 Å². The first kappa shape index (κ1) is 20.5. The van der Waals surface area contributed by atoms with Crippen molar-refractivity contribution in [2.45, 2.75) is 52.4 Å². The number of alkyl halides is 3. The predicted octanol–water partition coefficient (Wildman–Crippen LogP) is 4.99. The van der Waals surface area contributed by atoms with E-state index in [0.29, 0.717) is 5.39 Å². The molecule has 1 amide bonds. The Hall–Kier alpha value is -2.28. The van der Waals surface area contributed by atoms with Gasteiger partial charge in [0.05, 0.1) is 5.41 Å². The van der Waals surface area contributed by atoms with Crippen LogP contribution in [-0.2, 0) is 4.79 Å². The number of carbonyl (C=O) groups excluding carboxylic acids is 1. The Kier molecular flexibility index (Phi) is 4.86. The summed E-state index contributed by atoms with van der Waals surface area (Å²) in [4.78, 5) is 12.1. The molecule has 0 bridgehead atoms. The van der Waals surface area contributed by atoms with E-state index in [1.165, 1.54) is 6.07 Å². The number of nitrogens with one attached hydrogen (secondary N) is 1. The molecule has 0 spiro atoms. The van der Waals surface area contributed by atoms with Crippen molar-refractivity contribution in [3.8, 4) is 5.75 Å². The number of rotatable bonds is 3. The second kappa shape index (κ2) is 6.65. The number of amides is 1. The van der Waals surface area contributed by atoms with Gasteiger partial charge in [-0.2, -0.15) is 13.2 Å². The molecule has 2 aromatic rings. The number of hydrogen-bond acceptors (Lipinski definition) is 3. The highest BCUT2D eigenvalue weighted by atomic mass is 19.4. The van der Waals surface area contributed by atoms with Crippen LogP contribution in [0.3, 0.4) is 0 Å². The van der Waals surface area contributed by atoms with Gasteiger partial charge in [0.25, 0.3) is 0 Å². The summed E-state index contributed by atoms with van der Waals surface area (Å²) in [6.45, 7) is 8.58. The van der Waals surface area contributed by atoms with E-state index in [1.807, 2.05) is 12.1 Å². The van der Waals surface area contributed by atoms with E-state index < -0.39 is 29.1 Å². The molecule has 0 aromatic heterocycles. The van der Waals surface area contributed by atoms with Crippen molar-refractivity contribution >= 4 is 16.7 Å². The predicted molar refractivity (Wildman–Crippen MR) is 102 cm³/mol. The number of hydrogen-bond donors (Lipinski definition) is 1. The molecule has 1 atom stereocenters. The van der Waals surface area contributed by atoms with Gasteiger partial charge in [-0.3, -0.25) is 10.2 Å². The van der Waals surface area contributed by atoms with Gasteiger partial charge in [-0.05, 0) is 40.0 Å². The van der Waals surface area contributed by atoms with E-state index in [0.717, 1.165) is 10.4 Å². The lowest BCUT2D eigenvalue weighted by Gasteiger charge is -2.33. The molecule has 28 heavy (non-hydrogen) atoms. The van der Waals surface area contributed by atoms with Crippen LogP contribution >= 0.6 is 0 Å². The van der Waals surface area contributed by atoms with Crippen LogP contribution in [0.2, 0.25) is 0 Å². The monoisotopic (exact) mass is 394 g/mol. The molecule has 152 valence electrons. The fourth-order valence-corrected chi connectivity index (χ4v) is 3.39. The second-order valence-electron chi connectivity index (χ2n) is 8.82. The maximum absolute atomic E-state index is 14.2. The first-order chi connectivity index (χ1) is 12.8. The van der Waals surface area contributed by atoms with Crippen LogP contribution in [-0.4, -0.2) is 29.2 Å². The molecule has 1 aliphatic heterocycles. The first-order valence-electron chi connectivity index (χ1n) is 9.15. The van der Waals surface area contributed by atoms with Crippen LogP contribution in [0.15, 0.2) is 36.4 Å². The Morgan fingerprint density at radius 2 is 1.75 bits per heavy atom. The molecule has 4 nitrogen and oxygen atoms in total. The van der Waals surface area contributed by atoms with Crippen LogP contribution in [0.5, 0.6) is 5.75 Å². The number of hydrazine groups is 1. The fraction of sp³-hybridized carbons (Fsp3) is 0.476. The standard InChI is InChI=1S/C21H25F3N2O2/c1-19(2,3)28-16-14-9-7-6-8-13(14)10-11-15(16)17(21(22,23)24)26-12-20(4,5)18(27)25-26/h6-11,17H,12H2,1-5H3,(H,25,27). The zero-order valence-electron chi connectivity index (χ0n) is 16.6. The summed E-state index contributed by atoms with van der Waals surface area (Å²) in [6, 6.07) is 8.26. The number of fused-ring (bicyclic) bond motifs is 1. The fourth-order valence-electron chi connectivity index (χ4n) is 3.39. The van der Waals surface area contributed by atoms with Crippen molar-refractivity contribution in [2.24, 2.45) is 5.41 Å². The minimum Gasteiger partial charge on any atom is -0.487 e. The normalized spacial score (nSPS) is 18.9. The molecule has 1 unspecified atom stereocenters. The Balaban J connectivity index is 2.20. The maximum atomic E-state index is 14.2. The number of nitrogens with zero attached hydrogens (tertiary/aromatic N) is 1. The summed E-state index contributed by atoms with van der Waals surface area (Å²) >= 11 is 0. The lowest BCUT2D eigenvalue weighted by atomic mass is 9.93. The average molecular weight is 394 g/mol. The lowest BCUT2D eigenvalue weighted by Crippen LogP contribution is -2.44. The minimum atomic E-state index is -4.61.